The molecule has 9 heteroatoms. The lowest BCUT2D eigenvalue weighted by atomic mass is 10.6. The lowest BCUT2D eigenvalue weighted by Crippen LogP contribution is -2.58. The van der Waals surface area contributed by atoms with Crippen molar-refractivity contribution in [2.75, 3.05) is 0 Å². The molecule has 0 bridgehead atoms. The lowest BCUT2D eigenvalue weighted by Gasteiger charge is -2.40. The van der Waals surface area contributed by atoms with Gasteiger partial charge in [-0.2, -0.15) is 0 Å². The molecule has 0 aromatic heterocycles. The average molecular weight is 398 g/mol. The Bertz CT molecular complexity index is 317. The van der Waals surface area contributed by atoms with Crippen molar-refractivity contribution in [3.8, 4) is 0 Å². The molecule has 0 heterocycles. The summed E-state index contributed by atoms with van der Waals surface area (Å²) in [6, 6.07) is 2.21. The van der Waals surface area contributed by atoms with Crippen LogP contribution in [0.15, 0.2) is 0 Å². The smallest absolute Gasteiger partial charge is 0.439 e. The Hall–Kier alpha value is 0.924. The first-order valence-corrected chi connectivity index (χ1v) is 22.2. The third kappa shape index (κ3) is 12.4. The van der Waals surface area contributed by atoms with Crippen LogP contribution in [0.1, 0.15) is 13.3 Å². The molecule has 1 radical (unpaired) electrons. The molecule has 0 amide bonds. The maximum absolute atomic E-state index is 6.47. The van der Waals surface area contributed by atoms with Crippen molar-refractivity contribution in [2.24, 2.45) is 0 Å². The Morgan fingerprint density at radius 2 is 1.09 bits per heavy atom. The fraction of sp³-hybridized carbons (Fsp3) is 0.923. The molecule has 1 unspecified atom stereocenters. The SMILES string of the molecule is CC[CH][SiH](O[Si](C)(C)C)O[Si](C)(O[Si](C)(C)C)O[Si](C)(C)C. The van der Waals surface area contributed by atoms with Crippen molar-refractivity contribution in [2.45, 2.75) is 78.8 Å². The summed E-state index contributed by atoms with van der Waals surface area (Å²) in [7, 11) is -9.66. The molecule has 0 saturated heterocycles. The van der Waals surface area contributed by atoms with Gasteiger partial charge in [0.15, 0.2) is 25.0 Å². The van der Waals surface area contributed by atoms with Crippen LogP contribution >= 0.6 is 0 Å². The van der Waals surface area contributed by atoms with Gasteiger partial charge in [-0.25, -0.2) is 0 Å². The summed E-state index contributed by atoms with van der Waals surface area (Å²) in [6.07, 6.45) is 0.964. The minimum absolute atomic E-state index is 0.964. The first-order valence-electron chi connectivity index (χ1n) is 8.14. The van der Waals surface area contributed by atoms with E-state index in [0.717, 1.165) is 6.42 Å². The van der Waals surface area contributed by atoms with E-state index >= 15 is 0 Å². The normalized spacial score (nSPS) is 16.0. The zero-order valence-corrected chi connectivity index (χ0v) is 21.6. The molecule has 0 rings (SSSR count). The van der Waals surface area contributed by atoms with Gasteiger partial charge < -0.3 is 16.5 Å². The maximum atomic E-state index is 6.47. The Labute approximate surface area is 144 Å². The van der Waals surface area contributed by atoms with E-state index in [2.05, 4.69) is 78.4 Å². The standard InChI is InChI=1S/C13H37O4Si5/c1-12-13-18(14-19(2,3)4)15-22(11,16-20(5,6)7)17-21(8,9)10/h13,18H,12H2,1-11H3. The molecule has 0 saturated carbocycles. The van der Waals surface area contributed by atoms with Gasteiger partial charge in [0.2, 0.25) is 0 Å². The number of rotatable bonds is 10. The molecule has 0 fully saturated rings. The highest BCUT2D eigenvalue weighted by molar-refractivity contribution is 6.88. The van der Waals surface area contributed by atoms with Crippen LogP contribution in [0.4, 0.5) is 0 Å². The summed E-state index contributed by atoms with van der Waals surface area (Å²) < 4.78 is 25.6. The van der Waals surface area contributed by atoms with Crippen LogP contribution in [0, 0.1) is 6.04 Å². The summed E-state index contributed by atoms with van der Waals surface area (Å²) in [6.45, 7) is 23.9. The molecule has 0 spiro atoms. The maximum Gasteiger partial charge on any atom is 0.467 e. The summed E-state index contributed by atoms with van der Waals surface area (Å²) in [5.74, 6) is 0. The lowest BCUT2D eigenvalue weighted by molar-refractivity contribution is 0.247. The van der Waals surface area contributed by atoms with Gasteiger partial charge in [-0.05, 0) is 58.9 Å². The van der Waals surface area contributed by atoms with E-state index in [1.807, 2.05) is 0 Å². The average Bonchev–Trinajstić information content (AvgIpc) is 2.06. The van der Waals surface area contributed by atoms with Crippen LogP contribution in [-0.4, -0.2) is 43.0 Å². The summed E-state index contributed by atoms with van der Waals surface area (Å²) in [4.78, 5) is 0. The third-order valence-corrected chi connectivity index (χ3v) is 17.3. The van der Waals surface area contributed by atoms with Crippen molar-refractivity contribution in [3.63, 3.8) is 0 Å². The molecular formula is C13H37O4Si5. The van der Waals surface area contributed by atoms with Crippen molar-refractivity contribution in [3.05, 3.63) is 6.04 Å². The number of hydrogen-bond acceptors (Lipinski definition) is 4. The summed E-state index contributed by atoms with van der Waals surface area (Å²) in [5.41, 5.74) is 0. The summed E-state index contributed by atoms with van der Waals surface area (Å²) >= 11 is 0. The van der Waals surface area contributed by atoms with Crippen LogP contribution in [0.5, 0.6) is 0 Å². The fourth-order valence-electron chi connectivity index (χ4n) is 2.05. The van der Waals surface area contributed by atoms with E-state index in [-0.39, 0.29) is 0 Å². The predicted molar refractivity (Wildman–Crippen MR) is 108 cm³/mol. The van der Waals surface area contributed by atoms with Gasteiger partial charge in [0.1, 0.15) is 0 Å². The van der Waals surface area contributed by atoms with Gasteiger partial charge in [-0.3, -0.25) is 0 Å². The van der Waals surface area contributed by atoms with Gasteiger partial charge in [0.05, 0.1) is 0 Å². The van der Waals surface area contributed by atoms with E-state index in [4.69, 9.17) is 16.5 Å². The van der Waals surface area contributed by atoms with E-state index < -0.39 is 43.0 Å². The molecule has 133 valence electrons. The van der Waals surface area contributed by atoms with Crippen LogP contribution in [-0.2, 0) is 16.5 Å². The molecule has 0 aliphatic carbocycles. The van der Waals surface area contributed by atoms with Crippen LogP contribution in [0.2, 0.25) is 65.5 Å². The molecule has 0 aromatic rings. The molecule has 22 heavy (non-hydrogen) atoms. The minimum atomic E-state index is -2.67. The van der Waals surface area contributed by atoms with Gasteiger partial charge in [0, 0.05) is 12.6 Å². The van der Waals surface area contributed by atoms with Crippen molar-refractivity contribution < 1.29 is 16.5 Å². The topological polar surface area (TPSA) is 36.9 Å². The quantitative estimate of drug-likeness (QED) is 0.508. The number of hydrogen-bond donors (Lipinski definition) is 0. The molecule has 0 N–H and O–H groups in total. The van der Waals surface area contributed by atoms with Gasteiger partial charge in [-0.1, -0.05) is 13.3 Å². The minimum Gasteiger partial charge on any atom is -0.439 e. The van der Waals surface area contributed by atoms with E-state index in [1.54, 1.807) is 0 Å². The van der Waals surface area contributed by atoms with E-state index in [9.17, 15) is 0 Å². The zero-order chi connectivity index (χ0) is 17.8. The molecule has 0 aliphatic heterocycles. The van der Waals surface area contributed by atoms with Gasteiger partial charge in [0.25, 0.3) is 0 Å². The Kier molecular flexibility index (Phi) is 8.69. The second-order valence-electron chi connectivity index (χ2n) is 8.65. The van der Waals surface area contributed by atoms with E-state index in [0.29, 0.717) is 0 Å². The first-order chi connectivity index (χ1) is 9.55. The van der Waals surface area contributed by atoms with Crippen LogP contribution in [0.25, 0.3) is 0 Å². The molecule has 0 aromatic carbocycles. The monoisotopic (exact) mass is 397 g/mol. The predicted octanol–water partition coefficient (Wildman–Crippen LogP) is 4.50. The summed E-state index contributed by atoms with van der Waals surface area (Å²) in [5, 5.41) is 0. The molecular weight excluding hydrogens is 361 g/mol. The Morgan fingerprint density at radius 3 is 1.36 bits per heavy atom. The van der Waals surface area contributed by atoms with Crippen LogP contribution in [0.3, 0.4) is 0 Å². The first kappa shape index (κ1) is 22.9. The Balaban J connectivity index is 5.21. The van der Waals surface area contributed by atoms with Gasteiger partial charge in [-0.15, -0.1) is 0 Å². The van der Waals surface area contributed by atoms with Crippen molar-refractivity contribution in [1.82, 2.24) is 0 Å². The zero-order valence-electron chi connectivity index (χ0n) is 16.5. The molecule has 1 atom stereocenters. The third-order valence-electron chi connectivity index (χ3n) is 2.21. The highest BCUT2D eigenvalue weighted by Crippen LogP contribution is 2.24. The fourth-order valence-corrected chi connectivity index (χ4v) is 19.0. The second kappa shape index (κ2) is 8.34. The largest absolute Gasteiger partial charge is 0.467 e. The van der Waals surface area contributed by atoms with E-state index in [1.165, 1.54) is 0 Å². The second-order valence-corrected chi connectivity index (χ2v) is 27.8. The van der Waals surface area contributed by atoms with Gasteiger partial charge >= 0.3 is 18.1 Å². The molecule has 4 nitrogen and oxygen atoms in total. The van der Waals surface area contributed by atoms with Crippen molar-refractivity contribution in [1.29, 1.82) is 0 Å². The highest BCUT2D eigenvalue weighted by atomic mass is 28.5. The molecule has 0 aliphatic rings. The highest BCUT2D eigenvalue weighted by Gasteiger charge is 2.45. The van der Waals surface area contributed by atoms with Crippen molar-refractivity contribution >= 4 is 43.0 Å². The Morgan fingerprint density at radius 1 is 0.682 bits per heavy atom. The van der Waals surface area contributed by atoms with Crippen LogP contribution < -0.4 is 0 Å².